The average molecular weight is 206 g/mol. The largest absolute Gasteiger partial charge is 0.348 e. The first-order chi connectivity index (χ1) is 7.07. The molecular weight excluding hydrogens is 188 g/mol. The maximum absolute atomic E-state index is 4.39. The Kier molecular flexibility index (Phi) is 2.61. The molecular formula is C11H18N4. The molecule has 0 radical (unpaired) electrons. The van der Waals surface area contributed by atoms with E-state index < -0.39 is 0 Å². The molecule has 1 atom stereocenters. The zero-order chi connectivity index (χ0) is 10.9. The summed E-state index contributed by atoms with van der Waals surface area (Å²) >= 11 is 0. The summed E-state index contributed by atoms with van der Waals surface area (Å²) in [4.78, 5) is 8.79. The fourth-order valence-electron chi connectivity index (χ4n) is 1.98. The molecule has 0 saturated carbocycles. The predicted octanol–water partition coefficient (Wildman–Crippen LogP) is 1.26. The molecule has 0 bridgehead atoms. The van der Waals surface area contributed by atoms with Crippen LogP contribution in [0.2, 0.25) is 0 Å². The summed E-state index contributed by atoms with van der Waals surface area (Å²) in [5.41, 5.74) is 2.12. The first-order valence-corrected chi connectivity index (χ1v) is 5.39. The molecule has 0 amide bonds. The maximum Gasteiger partial charge on any atom is 0.223 e. The summed E-state index contributed by atoms with van der Waals surface area (Å²) in [6.07, 6.45) is 1.11. The van der Waals surface area contributed by atoms with Gasteiger partial charge >= 0.3 is 0 Å². The van der Waals surface area contributed by atoms with Crippen LogP contribution in [0.3, 0.4) is 0 Å². The standard InChI is InChI=1S/C11H18N4/c1-8-6-9(2)14-10(13-8)15-11(3)4-5-12-7-11/h6,12H,4-5,7H2,1-3H3,(H,13,14,15). The second-order valence-electron chi connectivity index (χ2n) is 4.59. The Bertz CT molecular complexity index is 335. The van der Waals surface area contributed by atoms with Gasteiger partial charge in [-0.1, -0.05) is 0 Å². The van der Waals surface area contributed by atoms with E-state index in [-0.39, 0.29) is 5.54 Å². The molecule has 0 aromatic carbocycles. The number of aryl methyl sites for hydroxylation is 2. The minimum Gasteiger partial charge on any atom is -0.348 e. The van der Waals surface area contributed by atoms with Gasteiger partial charge in [-0.05, 0) is 39.8 Å². The van der Waals surface area contributed by atoms with E-state index in [2.05, 4.69) is 27.5 Å². The number of aromatic nitrogens is 2. The normalized spacial score (nSPS) is 25.5. The zero-order valence-electron chi connectivity index (χ0n) is 9.59. The highest BCUT2D eigenvalue weighted by Crippen LogP contribution is 2.18. The third-order valence-electron chi connectivity index (χ3n) is 2.76. The minimum atomic E-state index is 0.0975. The monoisotopic (exact) mass is 206 g/mol. The Hall–Kier alpha value is -1.16. The summed E-state index contributed by atoms with van der Waals surface area (Å²) in [6.45, 7) is 8.23. The van der Waals surface area contributed by atoms with Crippen LogP contribution in [0.1, 0.15) is 24.7 Å². The maximum atomic E-state index is 4.39. The van der Waals surface area contributed by atoms with Gasteiger partial charge in [0.25, 0.3) is 0 Å². The van der Waals surface area contributed by atoms with Crippen LogP contribution in [0.4, 0.5) is 5.95 Å². The Morgan fingerprint density at radius 2 is 2.00 bits per heavy atom. The highest BCUT2D eigenvalue weighted by molar-refractivity contribution is 5.32. The van der Waals surface area contributed by atoms with Crippen LogP contribution >= 0.6 is 0 Å². The van der Waals surface area contributed by atoms with Crippen LogP contribution in [0.5, 0.6) is 0 Å². The van der Waals surface area contributed by atoms with E-state index in [1.165, 1.54) is 0 Å². The van der Waals surface area contributed by atoms with Gasteiger partial charge in [-0.25, -0.2) is 9.97 Å². The van der Waals surface area contributed by atoms with Crippen LogP contribution in [0.25, 0.3) is 0 Å². The Balaban J connectivity index is 2.16. The van der Waals surface area contributed by atoms with Crippen LogP contribution < -0.4 is 10.6 Å². The summed E-state index contributed by atoms with van der Waals surface area (Å²) in [6, 6.07) is 1.99. The molecule has 15 heavy (non-hydrogen) atoms. The van der Waals surface area contributed by atoms with Crippen molar-refractivity contribution in [2.45, 2.75) is 32.7 Å². The fourth-order valence-corrected chi connectivity index (χ4v) is 1.98. The van der Waals surface area contributed by atoms with Crippen molar-refractivity contribution in [2.75, 3.05) is 18.4 Å². The van der Waals surface area contributed by atoms with Gasteiger partial charge in [0.15, 0.2) is 0 Å². The zero-order valence-corrected chi connectivity index (χ0v) is 9.59. The van der Waals surface area contributed by atoms with Crippen LogP contribution in [0, 0.1) is 13.8 Å². The van der Waals surface area contributed by atoms with Gasteiger partial charge in [0.1, 0.15) is 0 Å². The molecule has 1 fully saturated rings. The smallest absolute Gasteiger partial charge is 0.223 e. The number of hydrogen-bond donors (Lipinski definition) is 2. The van der Waals surface area contributed by atoms with Gasteiger partial charge in [-0.2, -0.15) is 0 Å². The van der Waals surface area contributed by atoms with Crippen molar-refractivity contribution >= 4 is 5.95 Å². The van der Waals surface area contributed by atoms with E-state index in [0.717, 1.165) is 36.8 Å². The van der Waals surface area contributed by atoms with Gasteiger partial charge in [0.05, 0.1) is 5.54 Å². The number of anilines is 1. The second-order valence-corrected chi connectivity index (χ2v) is 4.59. The van der Waals surface area contributed by atoms with E-state index in [4.69, 9.17) is 0 Å². The molecule has 2 heterocycles. The topological polar surface area (TPSA) is 49.8 Å². The summed E-state index contributed by atoms with van der Waals surface area (Å²) in [5, 5.41) is 6.76. The summed E-state index contributed by atoms with van der Waals surface area (Å²) < 4.78 is 0. The van der Waals surface area contributed by atoms with E-state index >= 15 is 0 Å². The molecule has 1 saturated heterocycles. The van der Waals surface area contributed by atoms with E-state index in [1.54, 1.807) is 0 Å². The molecule has 1 aromatic rings. The first kappa shape index (κ1) is 10.4. The van der Waals surface area contributed by atoms with Gasteiger partial charge in [0, 0.05) is 17.9 Å². The Morgan fingerprint density at radius 3 is 2.53 bits per heavy atom. The number of rotatable bonds is 2. The fraction of sp³-hybridized carbons (Fsp3) is 0.636. The lowest BCUT2D eigenvalue weighted by atomic mass is 10.0. The average Bonchev–Trinajstić information content (AvgIpc) is 2.49. The van der Waals surface area contributed by atoms with Crippen molar-refractivity contribution in [2.24, 2.45) is 0 Å². The molecule has 0 aliphatic carbocycles. The van der Waals surface area contributed by atoms with Crippen LogP contribution in [-0.2, 0) is 0 Å². The van der Waals surface area contributed by atoms with Crippen molar-refractivity contribution < 1.29 is 0 Å². The number of hydrogen-bond acceptors (Lipinski definition) is 4. The predicted molar refractivity (Wildman–Crippen MR) is 61.0 cm³/mol. The van der Waals surface area contributed by atoms with Crippen molar-refractivity contribution in [1.29, 1.82) is 0 Å². The van der Waals surface area contributed by atoms with Gasteiger partial charge in [0.2, 0.25) is 5.95 Å². The minimum absolute atomic E-state index is 0.0975. The molecule has 2 N–H and O–H groups in total. The Morgan fingerprint density at radius 1 is 1.33 bits per heavy atom. The second kappa shape index (κ2) is 3.77. The molecule has 82 valence electrons. The number of nitrogens with one attached hydrogen (secondary N) is 2. The molecule has 4 heteroatoms. The third-order valence-corrected chi connectivity index (χ3v) is 2.76. The Labute approximate surface area is 90.5 Å². The van der Waals surface area contributed by atoms with E-state index in [1.807, 2.05) is 19.9 Å². The lowest BCUT2D eigenvalue weighted by Crippen LogP contribution is -2.37. The van der Waals surface area contributed by atoms with E-state index in [0.29, 0.717) is 0 Å². The van der Waals surface area contributed by atoms with Gasteiger partial charge in [-0.15, -0.1) is 0 Å². The molecule has 2 rings (SSSR count). The molecule has 4 nitrogen and oxygen atoms in total. The summed E-state index contributed by atoms with van der Waals surface area (Å²) in [5.74, 6) is 0.749. The molecule has 1 unspecified atom stereocenters. The quantitative estimate of drug-likeness (QED) is 0.765. The van der Waals surface area contributed by atoms with Crippen molar-refractivity contribution in [3.63, 3.8) is 0 Å². The third kappa shape index (κ3) is 2.45. The highest BCUT2D eigenvalue weighted by Gasteiger charge is 2.28. The molecule has 1 aromatic heterocycles. The summed E-state index contributed by atoms with van der Waals surface area (Å²) in [7, 11) is 0. The molecule has 1 aliphatic rings. The van der Waals surface area contributed by atoms with Crippen molar-refractivity contribution in [3.05, 3.63) is 17.5 Å². The lowest BCUT2D eigenvalue weighted by molar-refractivity contribution is 0.560. The lowest BCUT2D eigenvalue weighted by Gasteiger charge is -2.24. The molecule has 1 aliphatic heterocycles. The molecule has 0 spiro atoms. The van der Waals surface area contributed by atoms with Crippen LogP contribution in [0.15, 0.2) is 6.07 Å². The van der Waals surface area contributed by atoms with Crippen molar-refractivity contribution in [3.8, 4) is 0 Å². The van der Waals surface area contributed by atoms with Crippen LogP contribution in [-0.4, -0.2) is 28.6 Å². The van der Waals surface area contributed by atoms with Gasteiger partial charge in [-0.3, -0.25) is 0 Å². The first-order valence-electron chi connectivity index (χ1n) is 5.39. The highest BCUT2D eigenvalue weighted by atomic mass is 15.2. The SMILES string of the molecule is Cc1cc(C)nc(NC2(C)CCNC2)n1. The number of nitrogens with zero attached hydrogens (tertiary/aromatic N) is 2. The van der Waals surface area contributed by atoms with Crippen molar-refractivity contribution in [1.82, 2.24) is 15.3 Å². The van der Waals surface area contributed by atoms with E-state index in [9.17, 15) is 0 Å². The van der Waals surface area contributed by atoms with Gasteiger partial charge < -0.3 is 10.6 Å².